The number of hydrogen-bond donors (Lipinski definition) is 1. The van der Waals surface area contributed by atoms with Gasteiger partial charge in [-0.1, -0.05) is 17.7 Å². The van der Waals surface area contributed by atoms with Gasteiger partial charge in [0, 0.05) is 22.7 Å². The van der Waals surface area contributed by atoms with Crippen molar-refractivity contribution in [2.45, 2.75) is 17.1 Å². The van der Waals surface area contributed by atoms with Crippen molar-refractivity contribution in [2.75, 3.05) is 22.9 Å². The quantitative estimate of drug-likeness (QED) is 0.750. The van der Waals surface area contributed by atoms with Crippen LogP contribution in [0.15, 0.2) is 53.4 Å². The van der Waals surface area contributed by atoms with Crippen LogP contribution in [0.2, 0.25) is 5.02 Å². The summed E-state index contributed by atoms with van der Waals surface area (Å²) in [5.74, 6) is -0.167. The molecule has 0 aromatic heterocycles. The first-order valence-corrected chi connectivity index (χ1v) is 10.5. The van der Waals surface area contributed by atoms with Crippen LogP contribution in [0.3, 0.4) is 0 Å². The topological polar surface area (TPSA) is 66.5 Å². The highest BCUT2D eigenvalue weighted by Crippen LogP contribution is 2.26. The number of halogens is 1. The molecule has 2 aromatic rings. The van der Waals surface area contributed by atoms with E-state index in [1.165, 1.54) is 18.8 Å². The molecule has 8 heteroatoms. The van der Waals surface area contributed by atoms with Crippen molar-refractivity contribution in [1.82, 2.24) is 0 Å². The Kier molecular flexibility index (Phi) is 6.37. The molecule has 0 bridgehead atoms. The summed E-state index contributed by atoms with van der Waals surface area (Å²) in [6.07, 6.45) is 1.13. The molecule has 25 heavy (non-hydrogen) atoms. The van der Waals surface area contributed by atoms with Gasteiger partial charge in [0.05, 0.1) is 17.2 Å². The van der Waals surface area contributed by atoms with Gasteiger partial charge in [0.1, 0.15) is 0 Å². The summed E-state index contributed by atoms with van der Waals surface area (Å²) in [5.41, 5.74) is 1.03. The predicted octanol–water partition coefficient (Wildman–Crippen LogP) is 3.86. The minimum atomic E-state index is -3.36. The van der Waals surface area contributed by atoms with Crippen molar-refractivity contribution >= 4 is 50.7 Å². The number of benzene rings is 2. The lowest BCUT2D eigenvalue weighted by Gasteiger charge is -2.18. The van der Waals surface area contributed by atoms with Crippen molar-refractivity contribution in [3.05, 3.63) is 53.6 Å². The number of rotatable bonds is 6. The van der Waals surface area contributed by atoms with Crippen LogP contribution in [-0.2, 0) is 14.8 Å². The van der Waals surface area contributed by atoms with Crippen LogP contribution in [0.25, 0.3) is 0 Å². The van der Waals surface area contributed by atoms with Gasteiger partial charge >= 0.3 is 0 Å². The van der Waals surface area contributed by atoms with Gasteiger partial charge in [-0.05, 0) is 49.4 Å². The molecule has 1 N–H and O–H groups in total. The van der Waals surface area contributed by atoms with Crippen LogP contribution in [0, 0.1) is 0 Å². The average Bonchev–Trinajstić information content (AvgIpc) is 2.55. The molecule has 1 unspecified atom stereocenters. The molecule has 2 rings (SSSR count). The third-order valence-electron chi connectivity index (χ3n) is 3.47. The molecule has 0 aliphatic heterocycles. The molecule has 0 saturated heterocycles. The molecule has 134 valence electrons. The number of nitrogens with one attached hydrogen (secondary N) is 1. The molecule has 0 aliphatic carbocycles. The van der Waals surface area contributed by atoms with Crippen molar-refractivity contribution in [3.63, 3.8) is 0 Å². The molecule has 2 aromatic carbocycles. The third kappa shape index (κ3) is 5.66. The second kappa shape index (κ2) is 8.12. The summed E-state index contributed by atoms with van der Waals surface area (Å²) in [5, 5.41) is 3.14. The van der Waals surface area contributed by atoms with E-state index in [0.29, 0.717) is 16.4 Å². The maximum atomic E-state index is 12.4. The molecule has 0 heterocycles. The Morgan fingerprint density at radius 1 is 1.20 bits per heavy atom. The summed E-state index contributed by atoms with van der Waals surface area (Å²) in [6.45, 7) is 1.81. The SMILES string of the molecule is CC(Sc1ccc(Cl)cc1)C(=O)Nc1cccc(N(C)S(C)(=O)=O)c1. The summed E-state index contributed by atoms with van der Waals surface area (Å²) in [4.78, 5) is 13.3. The number of carbonyl (C=O) groups excluding carboxylic acids is 1. The first-order chi connectivity index (χ1) is 11.7. The van der Waals surface area contributed by atoms with Gasteiger partial charge in [0.25, 0.3) is 0 Å². The van der Waals surface area contributed by atoms with Gasteiger partial charge in [-0.3, -0.25) is 9.10 Å². The Morgan fingerprint density at radius 2 is 1.84 bits per heavy atom. The van der Waals surface area contributed by atoms with E-state index < -0.39 is 10.0 Å². The number of nitrogens with zero attached hydrogens (tertiary/aromatic N) is 1. The molecule has 1 amide bonds. The minimum Gasteiger partial charge on any atom is -0.325 e. The smallest absolute Gasteiger partial charge is 0.237 e. The molecule has 0 aliphatic rings. The van der Waals surface area contributed by atoms with Gasteiger partial charge in [0.15, 0.2) is 0 Å². The molecule has 1 atom stereocenters. The molecular weight excluding hydrogens is 380 g/mol. The van der Waals surface area contributed by atoms with E-state index in [9.17, 15) is 13.2 Å². The van der Waals surface area contributed by atoms with Crippen LogP contribution < -0.4 is 9.62 Å². The number of carbonyl (C=O) groups is 1. The molecule has 0 saturated carbocycles. The number of anilines is 2. The van der Waals surface area contributed by atoms with Gasteiger partial charge in [-0.15, -0.1) is 11.8 Å². The first kappa shape index (κ1) is 19.6. The fourth-order valence-electron chi connectivity index (χ4n) is 1.99. The van der Waals surface area contributed by atoms with Gasteiger partial charge < -0.3 is 5.32 Å². The lowest BCUT2D eigenvalue weighted by Crippen LogP contribution is -2.25. The van der Waals surface area contributed by atoms with Crippen molar-refractivity contribution in [2.24, 2.45) is 0 Å². The van der Waals surface area contributed by atoms with Crippen LogP contribution in [-0.4, -0.2) is 32.9 Å². The lowest BCUT2D eigenvalue weighted by molar-refractivity contribution is -0.115. The highest BCUT2D eigenvalue weighted by molar-refractivity contribution is 8.00. The molecule has 0 radical (unpaired) electrons. The summed E-state index contributed by atoms with van der Waals surface area (Å²) in [6, 6.07) is 14.0. The Bertz CT molecular complexity index is 854. The zero-order chi connectivity index (χ0) is 18.6. The lowest BCUT2D eigenvalue weighted by atomic mass is 10.2. The second-order valence-corrected chi connectivity index (χ2v) is 9.35. The number of sulfonamides is 1. The molecule has 5 nitrogen and oxygen atoms in total. The monoisotopic (exact) mass is 398 g/mol. The fraction of sp³-hybridized carbons (Fsp3) is 0.235. The van der Waals surface area contributed by atoms with E-state index in [1.807, 2.05) is 12.1 Å². The van der Waals surface area contributed by atoms with E-state index in [4.69, 9.17) is 11.6 Å². The van der Waals surface area contributed by atoms with Crippen molar-refractivity contribution < 1.29 is 13.2 Å². The van der Waals surface area contributed by atoms with Crippen LogP contribution in [0.5, 0.6) is 0 Å². The Labute approximate surface area is 157 Å². The average molecular weight is 399 g/mol. The number of amides is 1. The van der Waals surface area contributed by atoms with Gasteiger partial charge in [0.2, 0.25) is 15.9 Å². The highest BCUT2D eigenvalue weighted by Gasteiger charge is 2.16. The van der Waals surface area contributed by atoms with Gasteiger partial charge in [-0.25, -0.2) is 8.42 Å². The Morgan fingerprint density at radius 3 is 2.44 bits per heavy atom. The second-order valence-electron chi connectivity index (χ2n) is 5.48. The maximum Gasteiger partial charge on any atom is 0.237 e. The Hall–Kier alpha value is -1.70. The Balaban J connectivity index is 2.06. The maximum absolute atomic E-state index is 12.4. The van der Waals surface area contributed by atoms with E-state index in [0.717, 1.165) is 15.5 Å². The zero-order valence-corrected chi connectivity index (χ0v) is 16.5. The summed E-state index contributed by atoms with van der Waals surface area (Å²) < 4.78 is 24.4. The van der Waals surface area contributed by atoms with Crippen molar-refractivity contribution in [3.8, 4) is 0 Å². The zero-order valence-electron chi connectivity index (χ0n) is 14.1. The van der Waals surface area contributed by atoms with Crippen LogP contribution in [0.4, 0.5) is 11.4 Å². The fourth-order valence-corrected chi connectivity index (χ4v) is 3.48. The van der Waals surface area contributed by atoms with Crippen LogP contribution >= 0.6 is 23.4 Å². The molecule has 0 spiro atoms. The first-order valence-electron chi connectivity index (χ1n) is 7.44. The van der Waals surface area contributed by atoms with Crippen LogP contribution in [0.1, 0.15) is 6.92 Å². The highest BCUT2D eigenvalue weighted by atomic mass is 35.5. The summed E-state index contributed by atoms with van der Waals surface area (Å²) in [7, 11) is -1.89. The van der Waals surface area contributed by atoms with Gasteiger partial charge in [-0.2, -0.15) is 0 Å². The standard InChI is InChI=1S/C17H19ClN2O3S2/c1-12(24-16-9-7-13(18)8-10-16)17(21)19-14-5-4-6-15(11-14)20(2)25(3,22)23/h4-12H,1-3H3,(H,19,21). The number of hydrogen-bond acceptors (Lipinski definition) is 4. The van der Waals surface area contributed by atoms with E-state index in [-0.39, 0.29) is 11.2 Å². The van der Waals surface area contributed by atoms with Crippen molar-refractivity contribution in [1.29, 1.82) is 0 Å². The van der Waals surface area contributed by atoms with E-state index in [2.05, 4.69) is 5.32 Å². The predicted molar refractivity (Wildman–Crippen MR) is 105 cm³/mol. The largest absolute Gasteiger partial charge is 0.325 e. The molecular formula is C17H19ClN2O3S2. The normalized spacial score (nSPS) is 12.5. The van der Waals surface area contributed by atoms with E-state index in [1.54, 1.807) is 43.3 Å². The summed E-state index contributed by atoms with van der Waals surface area (Å²) >= 11 is 7.27. The third-order valence-corrected chi connectivity index (χ3v) is 6.04. The minimum absolute atomic E-state index is 0.167. The number of thioether (sulfide) groups is 1. The van der Waals surface area contributed by atoms with E-state index >= 15 is 0 Å². The molecule has 0 fully saturated rings.